The van der Waals surface area contributed by atoms with Gasteiger partial charge in [0.15, 0.2) is 0 Å². The fourth-order valence-corrected chi connectivity index (χ4v) is 1.39. The van der Waals surface area contributed by atoms with Gasteiger partial charge in [-0.2, -0.15) is 0 Å². The second-order valence-corrected chi connectivity index (χ2v) is 3.81. The summed E-state index contributed by atoms with van der Waals surface area (Å²) in [5.41, 5.74) is 0. The average molecular weight is 234 g/mol. The van der Waals surface area contributed by atoms with Gasteiger partial charge in [-0.25, -0.2) is 0 Å². The van der Waals surface area contributed by atoms with Crippen LogP contribution in [0.1, 0.15) is 19.8 Å². The van der Waals surface area contributed by atoms with Crippen molar-refractivity contribution in [3.63, 3.8) is 0 Å². The van der Waals surface area contributed by atoms with Crippen LogP contribution in [-0.2, 0) is 9.59 Å². The fourth-order valence-electron chi connectivity index (χ4n) is 1.19. The third-order valence-corrected chi connectivity index (χ3v) is 3.02. The lowest BCUT2D eigenvalue weighted by molar-refractivity contribution is -0.138. The Balaban J connectivity index is 2.50. The zero-order valence-corrected chi connectivity index (χ0v) is 8.63. The third-order valence-electron chi connectivity index (χ3n) is 1.91. The van der Waals surface area contributed by atoms with Crippen molar-refractivity contribution in [3.05, 3.63) is 0 Å². The highest BCUT2D eigenvalue weighted by Crippen LogP contribution is 2.14. The molecular weight excluding hydrogens is 222 g/mol. The highest BCUT2D eigenvalue weighted by atomic mass is 79.9. The number of alkyl halides is 1. The zero-order valence-electron chi connectivity index (χ0n) is 7.05. The summed E-state index contributed by atoms with van der Waals surface area (Å²) in [4.78, 5) is 23.6. The van der Waals surface area contributed by atoms with Crippen molar-refractivity contribution in [1.82, 2.24) is 4.90 Å². The summed E-state index contributed by atoms with van der Waals surface area (Å²) < 4.78 is 0. The van der Waals surface area contributed by atoms with Crippen LogP contribution in [0.3, 0.4) is 0 Å². The van der Waals surface area contributed by atoms with Crippen LogP contribution >= 0.6 is 15.9 Å². The number of carbonyl (C=O) groups is 2. The molecule has 1 fully saturated rings. The lowest BCUT2D eigenvalue weighted by Crippen LogP contribution is -2.33. The molecule has 0 bridgehead atoms. The number of likely N-dealkylation sites (tertiary alicyclic amines) is 1. The number of rotatable bonds is 3. The SMILES string of the molecule is CC(CBr)CN1C(=O)CCC1=O. The number of hydrogen-bond donors (Lipinski definition) is 0. The van der Waals surface area contributed by atoms with Crippen LogP contribution in [0, 0.1) is 5.92 Å². The van der Waals surface area contributed by atoms with Crippen LogP contribution < -0.4 is 0 Å². The van der Waals surface area contributed by atoms with Gasteiger partial charge >= 0.3 is 0 Å². The molecule has 1 atom stereocenters. The number of hydrogen-bond acceptors (Lipinski definition) is 2. The van der Waals surface area contributed by atoms with Crippen molar-refractivity contribution in [1.29, 1.82) is 0 Å². The summed E-state index contributed by atoms with van der Waals surface area (Å²) in [5.74, 6) is 0.302. The Labute approximate surface area is 80.2 Å². The highest BCUT2D eigenvalue weighted by molar-refractivity contribution is 9.09. The van der Waals surface area contributed by atoms with Crippen LogP contribution in [0.2, 0.25) is 0 Å². The number of amides is 2. The van der Waals surface area contributed by atoms with E-state index in [9.17, 15) is 9.59 Å². The van der Waals surface area contributed by atoms with Gasteiger partial charge in [-0.1, -0.05) is 22.9 Å². The molecule has 68 valence electrons. The van der Waals surface area contributed by atoms with E-state index in [0.29, 0.717) is 25.3 Å². The first-order chi connectivity index (χ1) is 5.65. The van der Waals surface area contributed by atoms with Gasteiger partial charge in [0, 0.05) is 24.7 Å². The highest BCUT2D eigenvalue weighted by Gasteiger charge is 2.29. The maximum absolute atomic E-state index is 11.1. The monoisotopic (exact) mass is 233 g/mol. The van der Waals surface area contributed by atoms with Gasteiger partial charge in [0.1, 0.15) is 0 Å². The first-order valence-electron chi connectivity index (χ1n) is 4.04. The van der Waals surface area contributed by atoms with E-state index in [4.69, 9.17) is 0 Å². The Morgan fingerprint density at radius 1 is 1.42 bits per heavy atom. The first-order valence-corrected chi connectivity index (χ1v) is 5.16. The van der Waals surface area contributed by atoms with Gasteiger partial charge in [0.2, 0.25) is 11.8 Å². The molecule has 2 amide bonds. The van der Waals surface area contributed by atoms with Crippen LogP contribution in [0.5, 0.6) is 0 Å². The van der Waals surface area contributed by atoms with Crippen LogP contribution in [0.15, 0.2) is 0 Å². The second kappa shape index (κ2) is 4.03. The fraction of sp³-hybridized carbons (Fsp3) is 0.750. The van der Waals surface area contributed by atoms with Crippen molar-refractivity contribution in [2.45, 2.75) is 19.8 Å². The molecule has 1 saturated heterocycles. The Morgan fingerprint density at radius 3 is 2.33 bits per heavy atom. The van der Waals surface area contributed by atoms with E-state index >= 15 is 0 Å². The molecule has 0 saturated carbocycles. The predicted octanol–water partition coefficient (Wildman–Crippen LogP) is 1.17. The molecule has 0 radical (unpaired) electrons. The third kappa shape index (κ3) is 2.06. The van der Waals surface area contributed by atoms with Gasteiger partial charge in [-0.3, -0.25) is 14.5 Å². The summed E-state index contributed by atoms with van der Waals surface area (Å²) in [6.07, 6.45) is 0.793. The molecule has 12 heavy (non-hydrogen) atoms. The van der Waals surface area contributed by atoms with E-state index in [1.807, 2.05) is 6.92 Å². The van der Waals surface area contributed by atoms with Gasteiger partial charge in [0.05, 0.1) is 0 Å². The molecule has 1 aliphatic rings. The molecule has 1 heterocycles. The van der Waals surface area contributed by atoms with E-state index in [2.05, 4.69) is 15.9 Å². The van der Waals surface area contributed by atoms with E-state index < -0.39 is 0 Å². The minimum atomic E-state index is -0.0206. The first kappa shape index (κ1) is 9.71. The molecule has 4 heteroatoms. The summed E-state index contributed by atoms with van der Waals surface area (Å²) in [6, 6.07) is 0. The molecule has 1 unspecified atom stereocenters. The van der Waals surface area contributed by atoms with E-state index in [-0.39, 0.29) is 11.8 Å². The standard InChI is InChI=1S/C8H12BrNO2/c1-6(4-9)5-10-7(11)2-3-8(10)12/h6H,2-5H2,1H3. The summed E-state index contributed by atoms with van der Waals surface area (Å²) >= 11 is 3.31. The number of halogens is 1. The minimum absolute atomic E-state index is 0.0206. The smallest absolute Gasteiger partial charge is 0.229 e. The topological polar surface area (TPSA) is 37.4 Å². The molecule has 0 spiro atoms. The lowest BCUT2D eigenvalue weighted by atomic mass is 10.2. The minimum Gasteiger partial charge on any atom is -0.282 e. The number of nitrogens with zero attached hydrogens (tertiary/aromatic N) is 1. The summed E-state index contributed by atoms with van der Waals surface area (Å²) in [6.45, 7) is 2.57. The Hall–Kier alpha value is -0.380. The number of imide groups is 1. The molecule has 3 nitrogen and oxygen atoms in total. The van der Waals surface area contributed by atoms with Crippen molar-refractivity contribution >= 4 is 27.7 Å². The van der Waals surface area contributed by atoms with Crippen molar-refractivity contribution in [2.24, 2.45) is 5.92 Å². The maximum atomic E-state index is 11.1. The van der Waals surface area contributed by atoms with Crippen molar-refractivity contribution < 1.29 is 9.59 Å². The van der Waals surface area contributed by atoms with Gasteiger partial charge < -0.3 is 0 Å². The zero-order chi connectivity index (χ0) is 9.14. The van der Waals surface area contributed by atoms with E-state index in [1.54, 1.807) is 0 Å². The van der Waals surface area contributed by atoms with Crippen LogP contribution in [-0.4, -0.2) is 28.6 Å². The Bertz CT molecular complexity index is 189. The van der Waals surface area contributed by atoms with Crippen LogP contribution in [0.4, 0.5) is 0 Å². The normalized spacial score (nSPS) is 20.3. The largest absolute Gasteiger partial charge is 0.282 e. The molecule has 0 aromatic carbocycles. The van der Waals surface area contributed by atoms with Gasteiger partial charge in [0.25, 0.3) is 0 Å². The van der Waals surface area contributed by atoms with Crippen LogP contribution in [0.25, 0.3) is 0 Å². The van der Waals surface area contributed by atoms with E-state index in [0.717, 1.165) is 5.33 Å². The maximum Gasteiger partial charge on any atom is 0.229 e. The molecule has 0 aromatic rings. The molecule has 1 rings (SSSR count). The molecule has 0 aromatic heterocycles. The lowest BCUT2D eigenvalue weighted by Gasteiger charge is -2.16. The summed E-state index contributed by atoms with van der Waals surface area (Å²) in [5, 5.41) is 0.823. The number of carbonyl (C=O) groups excluding carboxylic acids is 2. The Kier molecular flexibility index (Phi) is 3.26. The second-order valence-electron chi connectivity index (χ2n) is 3.16. The Morgan fingerprint density at radius 2 is 1.92 bits per heavy atom. The van der Waals surface area contributed by atoms with Crippen molar-refractivity contribution in [2.75, 3.05) is 11.9 Å². The molecule has 0 N–H and O–H groups in total. The molecular formula is C8H12BrNO2. The van der Waals surface area contributed by atoms with E-state index in [1.165, 1.54) is 4.90 Å². The quantitative estimate of drug-likeness (QED) is 0.543. The average Bonchev–Trinajstić information content (AvgIpc) is 2.35. The van der Waals surface area contributed by atoms with Gasteiger partial charge in [-0.15, -0.1) is 0 Å². The molecule has 1 aliphatic heterocycles. The molecule has 0 aliphatic carbocycles. The van der Waals surface area contributed by atoms with Crippen molar-refractivity contribution in [3.8, 4) is 0 Å². The van der Waals surface area contributed by atoms with Gasteiger partial charge in [-0.05, 0) is 5.92 Å². The summed E-state index contributed by atoms with van der Waals surface area (Å²) in [7, 11) is 0. The predicted molar refractivity (Wildman–Crippen MR) is 48.9 cm³/mol.